The number of nitrogens with one attached hydrogen (secondary N) is 1. The minimum atomic E-state index is -0.620. The first kappa shape index (κ1) is 16.8. The summed E-state index contributed by atoms with van der Waals surface area (Å²) in [6, 6.07) is 4.06. The first-order valence-electron chi connectivity index (χ1n) is 7.09. The van der Waals surface area contributed by atoms with Crippen LogP contribution in [0.2, 0.25) is 0 Å². The molecule has 1 aromatic rings. The topological polar surface area (TPSA) is 51.2 Å². The van der Waals surface area contributed by atoms with Gasteiger partial charge >= 0.3 is 5.97 Å². The van der Waals surface area contributed by atoms with Gasteiger partial charge in [-0.15, -0.1) is 11.8 Å². The number of thioether (sulfide) groups is 1. The molecule has 0 aliphatic heterocycles. The number of aromatic nitrogens is 1. The Labute approximate surface area is 138 Å². The lowest BCUT2D eigenvalue weighted by Crippen LogP contribution is -2.59. The van der Waals surface area contributed by atoms with Crippen molar-refractivity contribution in [1.29, 1.82) is 0 Å². The molecule has 1 aliphatic rings. The van der Waals surface area contributed by atoms with Gasteiger partial charge in [0.05, 0.1) is 7.11 Å². The van der Waals surface area contributed by atoms with E-state index in [1.54, 1.807) is 18.0 Å². The van der Waals surface area contributed by atoms with Crippen LogP contribution in [0.4, 0.5) is 0 Å². The van der Waals surface area contributed by atoms with Gasteiger partial charge in [-0.3, -0.25) is 10.1 Å². The van der Waals surface area contributed by atoms with E-state index in [0.717, 1.165) is 22.3 Å². The number of nitrogens with zero attached hydrogens (tertiary/aromatic N) is 1. The number of pyridine rings is 1. The molecule has 1 aliphatic carbocycles. The van der Waals surface area contributed by atoms with Crippen molar-refractivity contribution in [1.82, 2.24) is 10.3 Å². The number of hydrogen-bond acceptors (Lipinski definition) is 5. The summed E-state index contributed by atoms with van der Waals surface area (Å²) in [7, 11) is 1.46. The summed E-state index contributed by atoms with van der Waals surface area (Å²) in [4.78, 5) is 16.8. The molecule has 4 nitrogen and oxygen atoms in total. The van der Waals surface area contributed by atoms with Crippen LogP contribution in [0.3, 0.4) is 0 Å². The molecule has 1 fully saturated rings. The quantitative estimate of drug-likeness (QED) is 0.587. The summed E-state index contributed by atoms with van der Waals surface area (Å²) in [6.45, 7) is 4.11. The Morgan fingerprint density at radius 2 is 2.33 bits per heavy atom. The predicted molar refractivity (Wildman–Crippen MR) is 88.4 cm³/mol. The number of rotatable bonds is 7. The monoisotopic (exact) mass is 372 g/mol. The van der Waals surface area contributed by atoms with Crippen LogP contribution in [-0.4, -0.2) is 35.4 Å². The number of esters is 1. The van der Waals surface area contributed by atoms with Crippen LogP contribution < -0.4 is 5.32 Å². The fourth-order valence-corrected chi connectivity index (χ4v) is 4.24. The second-order valence-corrected chi connectivity index (χ2v) is 7.43. The van der Waals surface area contributed by atoms with Gasteiger partial charge in [0, 0.05) is 22.5 Å². The lowest BCUT2D eigenvalue weighted by atomic mass is 9.94. The van der Waals surface area contributed by atoms with Gasteiger partial charge in [0.2, 0.25) is 0 Å². The van der Waals surface area contributed by atoms with Gasteiger partial charge in [-0.1, -0.05) is 0 Å². The van der Waals surface area contributed by atoms with Crippen molar-refractivity contribution in [2.45, 2.75) is 43.3 Å². The van der Waals surface area contributed by atoms with Crippen molar-refractivity contribution in [2.75, 3.05) is 12.9 Å². The van der Waals surface area contributed by atoms with Crippen molar-refractivity contribution in [2.24, 2.45) is 5.92 Å². The molecule has 1 saturated carbocycles. The SMILES string of the molecule is COC(=O)C(CSc1ncccc1Br)(NC(C)C)C1CC1. The highest BCUT2D eigenvalue weighted by atomic mass is 79.9. The largest absolute Gasteiger partial charge is 0.468 e. The van der Waals surface area contributed by atoms with Gasteiger partial charge in [0.15, 0.2) is 0 Å². The maximum absolute atomic E-state index is 12.4. The van der Waals surface area contributed by atoms with Gasteiger partial charge in [-0.2, -0.15) is 0 Å². The van der Waals surface area contributed by atoms with Crippen molar-refractivity contribution < 1.29 is 9.53 Å². The third kappa shape index (κ3) is 3.99. The highest BCUT2D eigenvalue weighted by Crippen LogP contribution is 2.43. The minimum Gasteiger partial charge on any atom is -0.468 e. The Morgan fingerprint density at radius 3 is 2.86 bits per heavy atom. The molecule has 0 aromatic carbocycles. The fourth-order valence-electron chi connectivity index (χ4n) is 2.49. The molecule has 6 heteroatoms. The van der Waals surface area contributed by atoms with Crippen LogP contribution in [0.5, 0.6) is 0 Å². The van der Waals surface area contributed by atoms with Gasteiger partial charge < -0.3 is 4.74 Å². The van der Waals surface area contributed by atoms with Crippen LogP contribution in [0, 0.1) is 5.92 Å². The summed E-state index contributed by atoms with van der Waals surface area (Å²) in [5.41, 5.74) is -0.620. The zero-order chi connectivity index (χ0) is 15.5. The molecule has 1 atom stereocenters. The predicted octanol–water partition coefficient (Wildman–Crippen LogP) is 3.26. The van der Waals surface area contributed by atoms with E-state index < -0.39 is 5.54 Å². The number of halogens is 1. The van der Waals surface area contributed by atoms with E-state index in [9.17, 15) is 4.79 Å². The fraction of sp³-hybridized carbons (Fsp3) is 0.600. The molecule has 0 saturated heterocycles. The number of carbonyl (C=O) groups is 1. The van der Waals surface area contributed by atoms with Gasteiger partial charge in [-0.05, 0) is 60.7 Å². The zero-order valence-electron chi connectivity index (χ0n) is 12.6. The van der Waals surface area contributed by atoms with Crippen LogP contribution in [0.1, 0.15) is 26.7 Å². The smallest absolute Gasteiger partial charge is 0.327 e. The Balaban J connectivity index is 2.19. The van der Waals surface area contributed by atoms with Crippen LogP contribution in [-0.2, 0) is 9.53 Å². The van der Waals surface area contributed by atoms with Crippen molar-refractivity contribution in [3.8, 4) is 0 Å². The molecule has 1 unspecified atom stereocenters. The maximum atomic E-state index is 12.4. The van der Waals surface area contributed by atoms with Crippen LogP contribution in [0.15, 0.2) is 27.8 Å². The van der Waals surface area contributed by atoms with E-state index >= 15 is 0 Å². The van der Waals surface area contributed by atoms with Crippen LogP contribution in [0.25, 0.3) is 0 Å². The second kappa shape index (κ2) is 7.11. The van der Waals surface area contributed by atoms with E-state index in [1.807, 2.05) is 12.1 Å². The van der Waals surface area contributed by atoms with Gasteiger partial charge in [-0.25, -0.2) is 4.98 Å². The van der Waals surface area contributed by atoms with E-state index in [-0.39, 0.29) is 12.0 Å². The van der Waals surface area contributed by atoms with E-state index in [0.29, 0.717) is 11.7 Å². The van der Waals surface area contributed by atoms with Crippen LogP contribution >= 0.6 is 27.7 Å². The first-order chi connectivity index (χ1) is 9.99. The average Bonchev–Trinajstić information content (AvgIpc) is 3.28. The van der Waals surface area contributed by atoms with Gasteiger partial charge in [0.1, 0.15) is 10.6 Å². The molecule has 0 radical (unpaired) electrons. The standard InChI is InChI=1S/C15H21BrN2O2S/c1-10(2)18-15(11-6-7-11,14(19)20-3)9-21-13-12(16)5-4-8-17-13/h4-5,8,10-11,18H,6-7,9H2,1-3H3. The molecule has 0 spiro atoms. The summed E-state index contributed by atoms with van der Waals surface area (Å²) in [5.74, 6) is 0.804. The van der Waals surface area contributed by atoms with E-state index in [4.69, 9.17) is 4.74 Å². The molecule has 1 N–H and O–H groups in total. The molecule has 21 heavy (non-hydrogen) atoms. The van der Waals surface area contributed by atoms with E-state index in [2.05, 4.69) is 40.1 Å². The minimum absolute atomic E-state index is 0.168. The molecule has 116 valence electrons. The van der Waals surface area contributed by atoms with Crippen molar-refractivity contribution in [3.05, 3.63) is 22.8 Å². The normalized spacial score (nSPS) is 17.6. The number of carbonyl (C=O) groups excluding carboxylic acids is 1. The van der Waals surface area contributed by atoms with E-state index in [1.165, 1.54) is 7.11 Å². The molecule has 1 heterocycles. The number of methoxy groups -OCH3 is 1. The lowest BCUT2D eigenvalue weighted by molar-refractivity contribution is -0.148. The first-order valence-corrected chi connectivity index (χ1v) is 8.87. The molecular formula is C15H21BrN2O2S. The molecule has 0 amide bonds. The Bertz CT molecular complexity index is 508. The van der Waals surface area contributed by atoms with Gasteiger partial charge in [0.25, 0.3) is 0 Å². The highest BCUT2D eigenvalue weighted by Gasteiger charge is 2.52. The summed E-state index contributed by atoms with van der Waals surface area (Å²) >= 11 is 5.09. The molecule has 0 bridgehead atoms. The van der Waals surface area contributed by atoms with Crippen molar-refractivity contribution in [3.63, 3.8) is 0 Å². The Kier molecular flexibility index (Phi) is 5.68. The number of ether oxygens (including phenoxy) is 1. The highest BCUT2D eigenvalue weighted by molar-refractivity contribution is 9.10. The zero-order valence-corrected chi connectivity index (χ0v) is 15.0. The Hall–Kier alpha value is -0.590. The maximum Gasteiger partial charge on any atom is 0.327 e. The molecule has 2 rings (SSSR count). The number of hydrogen-bond donors (Lipinski definition) is 1. The Morgan fingerprint density at radius 1 is 1.62 bits per heavy atom. The summed E-state index contributed by atoms with van der Waals surface area (Å²) < 4.78 is 6.04. The molecule has 1 aromatic heterocycles. The third-order valence-corrected chi connectivity index (χ3v) is 5.63. The van der Waals surface area contributed by atoms with Crippen molar-refractivity contribution >= 4 is 33.7 Å². The average molecular weight is 373 g/mol. The summed E-state index contributed by atoms with van der Waals surface area (Å²) in [6.07, 6.45) is 3.90. The second-order valence-electron chi connectivity index (χ2n) is 5.62. The molecular weight excluding hydrogens is 352 g/mol. The summed E-state index contributed by atoms with van der Waals surface area (Å²) in [5, 5.41) is 4.36. The lowest BCUT2D eigenvalue weighted by Gasteiger charge is -2.34. The third-order valence-electron chi connectivity index (χ3n) is 3.53.